The standard InChI is InChI=1S/C22H24N2O5/c1-14(2)29-21(25)13-28-22(26)18(12-23)11-17-10-15(3)24(16(17)4)19-6-8-20(27-5)9-7-19/h6-11,14H,13H2,1-5H3/b18-11+. The maximum absolute atomic E-state index is 12.2. The van der Waals surface area contributed by atoms with Crippen molar-refractivity contribution >= 4 is 18.0 Å². The number of esters is 2. The lowest BCUT2D eigenvalue weighted by Crippen LogP contribution is -2.20. The Morgan fingerprint density at radius 1 is 1.21 bits per heavy atom. The highest BCUT2D eigenvalue weighted by molar-refractivity contribution is 5.98. The molecule has 0 aliphatic heterocycles. The molecule has 152 valence electrons. The average Bonchev–Trinajstić information content (AvgIpc) is 2.96. The van der Waals surface area contributed by atoms with Gasteiger partial charge in [0.25, 0.3) is 0 Å². The first-order chi connectivity index (χ1) is 13.8. The maximum Gasteiger partial charge on any atom is 0.349 e. The minimum atomic E-state index is -0.873. The summed E-state index contributed by atoms with van der Waals surface area (Å²) in [5.74, 6) is -0.785. The van der Waals surface area contributed by atoms with E-state index in [2.05, 4.69) is 0 Å². The van der Waals surface area contributed by atoms with Crippen LogP contribution in [0.4, 0.5) is 0 Å². The second-order valence-corrected chi connectivity index (χ2v) is 6.64. The zero-order valence-corrected chi connectivity index (χ0v) is 17.2. The number of hydrogen-bond donors (Lipinski definition) is 0. The molecular weight excluding hydrogens is 372 g/mol. The second kappa shape index (κ2) is 9.60. The van der Waals surface area contributed by atoms with Gasteiger partial charge in [-0.2, -0.15) is 5.26 Å². The van der Waals surface area contributed by atoms with Crippen LogP contribution in [-0.4, -0.2) is 36.3 Å². The van der Waals surface area contributed by atoms with Crippen LogP contribution in [0.5, 0.6) is 5.75 Å². The monoisotopic (exact) mass is 396 g/mol. The minimum Gasteiger partial charge on any atom is -0.497 e. The Kier molecular flexibility index (Phi) is 7.21. The summed E-state index contributed by atoms with van der Waals surface area (Å²) in [6.45, 7) is 6.67. The molecule has 0 bridgehead atoms. The highest BCUT2D eigenvalue weighted by Crippen LogP contribution is 2.24. The molecule has 7 nitrogen and oxygen atoms in total. The fraction of sp³-hybridized carbons (Fsp3) is 0.318. The van der Waals surface area contributed by atoms with E-state index in [1.165, 1.54) is 6.08 Å². The number of hydrogen-bond acceptors (Lipinski definition) is 6. The van der Waals surface area contributed by atoms with Crippen molar-refractivity contribution in [3.05, 3.63) is 52.9 Å². The van der Waals surface area contributed by atoms with Crippen molar-refractivity contribution in [1.82, 2.24) is 4.57 Å². The molecule has 7 heteroatoms. The van der Waals surface area contributed by atoms with Crippen LogP contribution in [0.15, 0.2) is 35.9 Å². The molecule has 2 aromatic rings. The number of ether oxygens (including phenoxy) is 3. The van der Waals surface area contributed by atoms with E-state index in [-0.39, 0.29) is 11.7 Å². The predicted molar refractivity (Wildman–Crippen MR) is 108 cm³/mol. The van der Waals surface area contributed by atoms with Gasteiger partial charge in [0.2, 0.25) is 0 Å². The molecule has 1 heterocycles. The van der Waals surface area contributed by atoms with Gasteiger partial charge >= 0.3 is 11.9 Å². The summed E-state index contributed by atoms with van der Waals surface area (Å²) in [6.07, 6.45) is 1.15. The molecule has 0 aliphatic rings. The highest BCUT2D eigenvalue weighted by Gasteiger charge is 2.17. The van der Waals surface area contributed by atoms with E-state index in [1.807, 2.05) is 54.8 Å². The second-order valence-electron chi connectivity index (χ2n) is 6.64. The van der Waals surface area contributed by atoms with Gasteiger partial charge in [0.05, 0.1) is 13.2 Å². The lowest BCUT2D eigenvalue weighted by molar-refractivity contribution is -0.159. The van der Waals surface area contributed by atoms with Gasteiger partial charge < -0.3 is 18.8 Å². The molecule has 0 saturated heterocycles. The third kappa shape index (κ3) is 5.48. The first-order valence-corrected chi connectivity index (χ1v) is 9.08. The molecule has 0 N–H and O–H groups in total. The van der Waals surface area contributed by atoms with Crippen molar-refractivity contribution in [2.24, 2.45) is 0 Å². The quantitative estimate of drug-likeness (QED) is 0.404. The van der Waals surface area contributed by atoms with Crippen LogP contribution in [0.2, 0.25) is 0 Å². The van der Waals surface area contributed by atoms with Crippen molar-refractivity contribution in [3.8, 4) is 17.5 Å². The number of rotatable bonds is 7. The van der Waals surface area contributed by atoms with Gasteiger partial charge in [-0.05, 0) is 69.7 Å². The Hall–Kier alpha value is -3.53. The Morgan fingerprint density at radius 3 is 2.41 bits per heavy atom. The number of nitriles is 1. The summed E-state index contributed by atoms with van der Waals surface area (Å²) < 4.78 is 17.0. The fourth-order valence-electron chi connectivity index (χ4n) is 2.85. The molecule has 0 amide bonds. The van der Waals surface area contributed by atoms with Gasteiger partial charge in [0.15, 0.2) is 6.61 Å². The van der Waals surface area contributed by atoms with Crippen molar-refractivity contribution < 1.29 is 23.8 Å². The lowest BCUT2D eigenvalue weighted by atomic mass is 10.1. The summed E-state index contributed by atoms with van der Waals surface area (Å²) in [6, 6.07) is 11.3. The third-order valence-electron chi connectivity index (χ3n) is 4.13. The van der Waals surface area contributed by atoms with Crippen molar-refractivity contribution in [2.75, 3.05) is 13.7 Å². The largest absolute Gasteiger partial charge is 0.497 e. The Labute approximate surface area is 170 Å². The van der Waals surface area contributed by atoms with E-state index in [4.69, 9.17) is 14.2 Å². The SMILES string of the molecule is COc1ccc(-n2c(C)cc(/C=C(\C#N)C(=O)OCC(=O)OC(C)C)c2C)cc1. The van der Waals surface area contributed by atoms with Gasteiger partial charge in [-0.1, -0.05) is 0 Å². The average molecular weight is 396 g/mol. The minimum absolute atomic E-state index is 0.197. The molecule has 0 fully saturated rings. The van der Waals surface area contributed by atoms with Gasteiger partial charge in [-0.3, -0.25) is 0 Å². The van der Waals surface area contributed by atoms with E-state index in [0.29, 0.717) is 5.56 Å². The van der Waals surface area contributed by atoms with Gasteiger partial charge in [-0.25, -0.2) is 9.59 Å². The van der Waals surface area contributed by atoms with Crippen LogP contribution in [0.3, 0.4) is 0 Å². The van der Waals surface area contributed by atoms with Crippen LogP contribution in [0.1, 0.15) is 30.8 Å². The third-order valence-corrected chi connectivity index (χ3v) is 4.13. The van der Waals surface area contributed by atoms with Crippen LogP contribution < -0.4 is 4.74 Å². The smallest absolute Gasteiger partial charge is 0.349 e. The Morgan fingerprint density at radius 2 is 1.86 bits per heavy atom. The normalized spacial score (nSPS) is 11.1. The number of methoxy groups -OCH3 is 1. The van der Waals surface area contributed by atoms with Crippen LogP contribution in [0, 0.1) is 25.2 Å². The summed E-state index contributed by atoms with van der Waals surface area (Å²) >= 11 is 0. The van der Waals surface area contributed by atoms with Crippen LogP contribution in [0.25, 0.3) is 11.8 Å². The molecule has 29 heavy (non-hydrogen) atoms. The molecule has 0 radical (unpaired) electrons. The molecule has 0 saturated carbocycles. The number of aryl methyl sites for hydroxylation is 1. The summed E-state index contributed by atoms with van der Waals surface area (Å²) in [5, 5.41) is 9.35. The fourth-order valence-corrected chi connectivity index (χ4v) is 2.85. The van der Waals surface area contributed by atoms with Crippen molar-refractivity contribution in [3.63, 3.8) is 0 Å². The molecular formula is C22H24N2O5. The number of carbonyl (C=O) groups is 2. The first kappa shape index (κ1) is 21.8. The Balaban J connectivity index is 2.24. The zero-order valence-electron chi connectivity index (χ0n) is 17.2. The molecule has 0 aliphatic carbocycles. The number of carbonyl (C=O) groups excluding carboxylic acids is 2. The van der Waals surface area contributed by atoms with E-state index >= 15 is 0 Å². The molecule has 2 rings (SSSR count). The number of nitrogens with zero attached hydrogens (tertiary/aromatic N) is 2. The van der Waals surface area contributed by atoms with Crippen molar-refractivity contribution in [1.29, 1.82) is 5.26 Å². The maximum atomic E-state index is 12.2. The van der Waals surface area contributed by atoms with E-state index in [0.717, 1.165) is 22.8 Å². The predicted octanol–water partition coefficient (Wildman–Crippen LogP) is 3.50. The van der Waals surface area contributed by atoms with Crippen LogP contribution >= 0.6 is 0 Å². The first-order valence-electron chi connectivity index (χ1n) is 9.08. The molecule has 0 unspecified atom stereocenters. The molecule has 0 atom stereocenters. The van der Waals surface area contributed by atoms with E-state index in [1.54, 1.807) is 21.0 Å². The van der Waals surface area contributed by atoms with Gasteiger partial charge in [0, 0.05) is 17.1 Å². The number of benzene rings is 1. The number of aromatic nitrogens is 1. The van der Waals surface area contributed by atoms with Crippen LogP contribution in [-0.2, 0) is 19.1 Å². The highest BCUT2D eigenvalue weighted by atomic mass is 16.6. The summed E-state index contributed by atoms with van der Waals surface area (Å²) in [4.78, 5) is 23.7. The summed E-state index contributed by atoms with van der Waals surface area (Å²) in [5.41, 5.74) is 3.23. The van der Waals surface area contributed by atoms with Gasteiger partial charge in [-0.15, -0.1) is 0 Å². The molecule has 0 spiro atoms. The topological polar surface area (TPSA) is 90.5 Å². The van der Waals surface area contributed by atoms with E-state index < -0.39 is 18.5 Å². The van der Waals surface area contributed by atoms with Crippen molar-refractivity contribution in [2.45, 2.75) is 33.8 Å². The molecule has 1 aromatic carbocycles. The zero-order chi connectivity index (χ0) is 21.6. The Bertz CT molecular complexity index is 962. The molecule has 1 aromatic heterocycles. The van der Waals surface area contributed by atoms with E-state index in [9.17, 15) is 14.9 Å². The van der Waals surface area contributed by atoms with Gasteiger partial charge in [0.1, 0.15) is 17.4 Å². The lowest BCUT2D eigenvalue weighted by Gasteiger charge is -2.10. The summed E-state index contributed by atoms with van der Waals surface area (Å²) in [7, 11) is 1.61.